The van der Waals surface area contributed by atoms with E-state index in [0.717, 1.165) is 51.5 Å². The van der Waals surface area contributed by atoms with Crippen molar-refractivity contribution in [1.82, 2.24) is 14.4 Å². The van der Waals surface area contributed by atoms with Crippen molar-refractivity contribution in [1.29, 1.82) is 0 Å². The standard InChI is InChI=1S/C27H26FN3O3S/c1-18-10-12-29(13-11-18)25(32)17-31-26(33)24(35-27(31)34)14-20-16-30(23-5-3-2-4-22(20)23)15-19-6-8-21(28)9-7-19/h2-9,14,16,18H,10-13,15,17H2,1H3/b24-14-. The zero-order valence-corrected chi connectivity index (χ0v) is 20.3. The lowest BCUT2D eigenvalue weighted by Crippen LogP contribution is -2.45. The minimum Gasteiger partial charge on any atom is -0.342 e. The van der Waals surface area contributed by atoms with Crippen LogP contribution in [-0.2, 0) is 16.1 Å². The zero-order chi connectivity index (χ0) is 24.5. The molecule has 3 heterocycles. The van der Waals surface area contributed by atoms with Crippen LogP contribution in [0.15, 0.2) is 59.6 Å². The second-order valence-electron chi connectivity index (χ2n) is 9.19. The smallest absolute Gasteiger partial charge is 0.294 e. The molecule has 0 saturated carbocycles. The lowest BCUT2D eigenvalue weighted by atomic mass is 9.99. The van der Waals surface area contributed by atoms with Gasteiger partial charge >= 0.3 is 0 Å². The summed E-state index contributed by atoms with van der Waals surface area (Å²) < 4.78 is 15.3. The maximum Gasteiger partial charge on any atom is 0.294 e. The van der Waals surface area contributed by atoms with E-state index < -0.39 is 11.1 Å². The predicted molar refractivity (Wildman–Crippen MR) is 135 cm³/mol. The zero-order valence-electron chi connectivity index (χ0n) is 19.4. The number of piperidine rings is 1. The average molecular weight is 492 g/mol. The number of fused-ring (bicyclic) bond motifs is 1. The number of carbonyl (C=O) groups is 3. The lowest BCUT2D eigenvalue weighted by molar-refractivity contribution is -0.136. The Morgan fingerprint density at radius 3 is 2.54 bits per heavy atom. The Morgan fingerprint density at radius 1 is 1.09 bits per heavy atom. The van der Waals surface area contributed by atoms with Crippen molar-refractivity contribution in [3.63, 3.8) is 0 Å². The number of hydrogen-bond acceptors (Lipinski definition) is 4. The second kappa shape index (κ2) is 9.70. The van der Waals surface area contributed by atoms with Crippen molar-refractivity contribution in [2.45, 2.75) is 26.3 Å². The molecule has 1 aromatic heterocycles. The van der Waals surface area contributed by atoms with E-state index in [-0.39, 0.29) is 18.3 Å². The largest absolute Gasteiger partial charge is 0.342 e. The first kappa shape index (κ1) is 23.4. The fourth-order valence-corrected chi connectivity index (χ4v) is 5.41. The van der Waals surface area contributed by atoms with Gasteiger partial charge in [-0.3, -0.25) is 19.3 Å². The molecule has 0 aliphatic carbocycles. The van der Waals surface area contributed by atoms with Gasteiger partial charge in [0, 0.05) is 42.3 Å². The van der Waals surface area contributed by atoms with Crippen LogP contribution >= 0.6 is 11.8 Å². The molecule has 0 bridgehead atoms. The number of aromatic nitrogens is 1. The van der Waals surface area contributed by atoms with Crippen LogP contribution in [0.4, 0.5) is 9.18 Å². The molecule has 2 aliphatic rings. The maximum atomic E-state index is 13.3. The first-order valence-corrected chi connectivity index (χ1v) is 12.6. The quantitative estimate of drug-likeness (QED) is 0.465. The molecule has 35 heavy (non-hydrogen) atoms. The highest BCUT2D eigenvalue weighted by molar-refractivity contribution is 8.18. The van der Waals surface area contributed by atoms with Crippen molar-refractivity contribution < 1.29 is 18.8 Å². The molecule has 0 N–H and O–H groups in total. The number of halogens is 1. The van der Waals surface area contributed by atoms with Gasteiger partial charge in [0.2, 0.25) is 5.91 Å². The average Bonchev–Trinajstić information content (AvgIpc) is 3.33. The minimum absolute atomic E-state index is 0.184. The van der Waals surface area contributed by atoms with Gasteiger partial charge in [0.05, 0.1) is 4.91 Å². The van der Waals surface area contributed by atoms with Gasteiger partial charge in [0.15, 0.2) is 0 Å². The summed E-state index contributed by atoms with van der Waals surface area (Å²) in [5.74, 6) is -0.314. The summed E-state index contributed by atoms with van der Waals surface area (Å²) >= 11 is 0.866. The molecule has 5 rings (SSSR count). The van der Waals surface area contributed by atoms with Crippen LogP contribution in [0.5, 0.6) is 0 Å². The van der Waals surface area contributed by atoms with Crippen molar-refractivity contribution >= 4 is 45.8 Å². The summed E-state index contributed by atoms with van der Waals surface area (Å²) in [4.78, 5) is 41.5. The van der Waals surface area contributed by atoms with E-state index in [1.165, 1.54) is 12.1 Å². The Morgan fingerprint density at radius 2 is 1.80 bits per heavy atom. The van der Waals surface area contributed by atoms with Crippen molar-refractivity contribution in [3.8, 4) is 0 Å². The van der Waals surface area contributed by atoms with Crippen molar-refractivity contribution in [2.75, 3.05) is 19.6 Å². The molecular weight excluding hydrogens is 465 g/mol. The van der Waals surface area contributed by atoms with Crippen molar-refractivity contribution in [2.24, 2.45) is 5.92 Å². The Labute approximate surface area is 207 Å². The third-order valence-electron chi connectivity index (χ3n) is 6.68. The summed E-state index contributed by atoms with van der Waals surface area (Å²) in [5, 5.41) is 0.523. The number of rotatable bonds is 5. The third-order valence-corrected chi connectivity index (χ3v) is 7.58. The number of imide groups is 1. The van der Waals surface area contributed by atoms with Crippen LogP contribution in [0, 0.1) is 11.7 Å². The Balaban J connectivity index is 1.37. The predicted octanol–water partition coefficient (Wildman–Crippen LogP) is 5.12. The van der Waals surface area contributed by atoms with Crippen LogP contribution in [0.3, 0.4) is 0 Å². The number of thioether (sulfide) groups is 1. The SMILES string of the molecule is CC1CCN(C(=O)CN2C(=O)S/C(=C\c3cn(Cc4ccc(F)cc4)c4ccccc34)C2=O)CC1. The van der Waals surface area contributed by atoms with Crippen LogP contribution in [0.1, 0.15) is 30.9 Å². The van der Waals surface area contributed by atoms with E-state index in [4.69, 9.17) is 0 Å². The van der Waals surface area contributed by atoms with Gasteiger partial charge in [0.1, 0.15) is 12.4 Å². The Hall–Kier alpha value is -3.39. The first-order chi connectivity index (χ1) is 16.9. The molecule has 3 amide bonds. The summed E-state index contributed by atoms with van der Waals surface area (Å²) in [7, 11) is 0. The van der Waals surface area contributed by atoms with E-state index >= 15 is 0 Å². The third kappa shape index (κ3) is 4.89. The first-order valence-electron chi connectivity index (χ1n) is 11.7. The number of carbonyl (C=O) groups excluding carboxylic acids is 3. The van der Waals surface area contributed by atoms with Crippen LogP contribution in [0.25, 0.3) is 17.0 Å². The Kier molecular flexibility index (Phi) is 6.47. The Bertz CT molecular complexity index is 1320. The number of nitrogens with zero attached hydrogens (tertiary/aromatic N) is 3. The number of likely N-dealkylation sites (tertiary alicyclic amines) is 1. The molecule has 6 nitrogen and oxygen atoms in total. The van der Waals surface area contributed by atoms with Gasteiger partial charge in [0.25, 0.3) is 11.1 Å². The molecule has 3 aromatic rings. The van der Waals surface area contributed by atoms with Gasteiger partial charge in [-0.25, -0.2) is 4.39 Å². The van der Waals surface area contributed by atoms with Crippen LogP contribution in [0.2, 0.25) is 0 Å². The van der Waals surface area contributed by atoms with Gasteiger partial charge in [-0.15, -0.1) is 0 Å². The summed E-state index contributed by atoms with van der Waals surface area (Å²) in [6.07, 6.45) is 5.54. The summed E-state index contributed by atoms with van der Waals surface area (Å²) in [6, 6.07) is 14.2. The molecule has 0 unspecified atom stereocenters. The van der Waals surface area contributed by atoms with E-state index in [1.54, 1.807) is 23.1 Å². The summed E-state index contributed by atoms with van der Waals surface area (Å²) in [6.45, 7) is 3.82. The second-order valence-corrected chi connectivity index (χ2v) is 10.2. The van der Waals surface area contributed by atoms with Gasteiger partial charge in [-0.2, -0.15) is 0 Å². The highest BCUT2D eigenvalue weighted by Gasteiger charge is 2.37. The molecule has 0 radical (unpaired) electrons. The van der Waals surface area contributed by atoms with Gasteiger partial charge in [-0.05, 0) is 60.4 Å². The van der Waals surface area contributed by atoms with Gasteiger partial charge in [-0.1, -0.05) is 37.3 Å². The van der Waals surface area contributed by atoms with E-state index in [9.17, 15) is 18.8 Å². The minimum atomic E-state index is -0.436. The van der Waals surface area contributed by atoms with Crippen LogP contribution in [-0.4, -0.2) is 51.1 Å². The van der Waals surface area contributed by atoms with Crippen molar-refractivity contribution in [3.05, 3.63) is 76.6 Å². The molecule has 180 valence electrons. The fourth-order valence-electron chi connectivity index (χ4n) is 4.58. The number of para-hydroxylation sites is 1. The molecule has 8 heteroatoms. The highest BCUT2D eigenvalue weighted by Crippen LogP contribution is 2.34. The number of benzene rings is 2. The molecule has 2 aromatic carbocycles. The molecule has 0 spiro atoms. The summed E-state index contributed by atoms with van der Waals surface area (Å²) in [5.41, 5.74) is 2.73. The van der Waals surface area contributed by atoms with E-state index in [1.807, 2.05) is 35.0 Å². The van der Waals surface area contributed by atoms with E-state index in [0.29, 0.717) is 30.5 Å². The maximum absolute atomic E-state index is 13.3. The monoisotopic (exact) mass is 491 g/mol. The number of hydrogen-bond donors (Lipinski definition) is 0. The van der Waals surface area contributed by atoms with Crippen LogP contribution < -0.4 is 0 Å². The highest BCUT2D eigenvalue weighted by atomic mass is 32.2. The lowest BCUT2D eigenvalue weighted by Gasteiger charge is -2.31. The molecule has 2 saturated heterocycles. The molecular formula is C27H26FN3O3S. The molecule has 2 fully saturated rings. The van der Waals surface area contributed by atoms with E-state index in [2.05, 4.69) is 6.92 Å². The molecule has 2 aliphatic heterocycles. The number of amides is 3. The topological polar surface area (TPSA) is 62.6 Å². The normalized spacial score (nSPS) is 18.3. The molecule has 0 atom stereocenters. The van der Waals surface area contributed by atoms with Gasteiger partial charge < -0.3 is 9.47 Å². The fraction of sp³-hybridized carbons (Fsp3) is 0.296.